The van der Waals surface area contributed by atoms with Crippen molar-refractivity contribution in [3.05, 3.63) is 24.3 Å². The molecule has 0 radical (unpaired) electrons. The number of carboxylic acids is 1. The summed E-state index contributed by atoms with van der Waals surface area (Å²) in [6.45, 7) is 3.87. The third kappa shape index (κ3) is 2.96. The summed E-state index contributed by atoms with van der Waals surface area (Å²) in [5.74, 6) is -2.23. The van der Waals surface area contributed by atoms with Crippen LogP contribution in [0.5, 0.6) is 0 Å². The smallest absolute Gasteiger partial charge is 0.314 e. The quantitative estimate of drug-likeness (QED) is 0.589. The van der Waals surface area contributed by atoms with Gasteiger partial charge in [0, 0.05) is 0 Å². The largest absolute Gasteiger partial charge is 0.481 e. The van der Waals surface area contributed by atoms with Gasteiger partial charge in [-0.2, -0.15) is 0 Å². The molecule has 0 saturated heterocycles. The zero-order valence-corrected chi connectivity index (χ0v) is 10.2. The molecular formula is C13H18O4. The molecule has 0 spiro atoms. The SMILES string of the molecule is CCCCOC(=O)C1C=CC=CC1(C)C(=O)O. The first-order valence-corrected chi connectivity index (χ1v) is 5.78. The normalized spacial score (nSPS) is 26.8. The molecule has 0 aromatic carbocycles. The van der Waals surface area contributed by atoms with Crippen molar-refractivity contribution in [2.45, 2.75) is 26.7 Å². The fourth-order valence-corrected chi connectivity index (χ4v) is 1.67. The van der Waals surface area contributed by atoms with Crippen LogP contribution in [0, 0.1) is 11.3 Å². The highest BCUT2D eigenvalue weighted by molar-refractivity contribution is 5.87. The summed E-state index contributed by atoms with van der Waals surface area (Å²) in [5.41, 5.74) is -1.21. The molecule has 0 aromatic heterocycles. The lowest BCUT2D eigenvalue weighted by Crippen LogP contribution is -2.39. The molecule has 1 aliphatic carbocycles. The number of carbonyl (C=O) groups is 2. The molecule has 0 fully saturated rings. The minimum Gasteiger partial charge on any atom is -0.481 e. The first kappa shape index (κ1) is 13.5. The number of carbonyl (C=O) groups excluding carboxylic acids is 1. The maximum atomic E-state index is 11.8. The van der Waals surface area contributed by atoms with E-state index in [4.69, 9.17) is 4.74 Å². The Labute approximate surface area is 101 Å². The molecule has 0 heterocycles. The Balaban J connectivity index is 2.73. The van der Waals surface area contributed by atoms with Crippen molar-refractivity contribution < 1.29 is 19.4 Å². The van der Waals surface area contributed by atoms with E-state index >= 15 is 0 Å². The predicted molar refractivity (Wildman–Crippen MR) is 63.4 cm³/mol. The first-order chi connectivity index (χ1) is 8.02. The number of unbranched alkanes of at least 4 members (excludes halogenated alkanes) is 1. The van der Waals surface area contributed by atoms with Gasteiger partial charge < -0.3 is 9.84 Å². The first-order valence-electron chi connectivity index (χ1n) is 5.78. The predicted octanol–water partition coefficient (Wildman–Crippen LogP) is 2.16. The second-order valence-electron chi connectivity index (χ2n) is 4.33. The van der Waals surface area contributed by atoms with E-state index in [0.29, 0.717) is 6.61 Å². The van der Waals surface area contributed by atoms with E-state index in [1.165, 1.54) is 13.0 Å². The maximum Gasteiger partial charge on any atom is 0.314 e. The van der Waals surface area contributed by atoms with Crippen molar-refractivity contribution in [1.82, 2.24) is 0 Å². The summed E-state index contributed by atoms with van der Waals surface area (Å²) in [5, 5.41) is 9.20. The van der Waals surface area contributed by atoms with E-state index in [9.17, 15) is 14.7 Å². The summed E-state index contributed by atoms with van der Waals surface area (Å²) in [7, 11) is 0. The minimum absolute atomic E-state index is 0.346. The number of esters is 1. The third-order valence-electron chi connectivity index (χ3n) is 2.96. The Morgan fingerprint density at radius 1 is 1.41 bits per heavy atom. The van der Waals surface area contributed by atoms with Crippen molar-refractivity contribution in [1.29, 1.82) is 0 Å². The second kappa shape index (κ2) is 5.66. The highest BCUT2D eigenvalue weighted by atomic mass is 16.5. The summed E-state index contributed by atoms with van der Waals surface area (Å²) in [4.78, 5) is 23.1. The fraction of sp³-hybridized carbons (Fsp3) is 0.538. The Hall–Kier alpha value is -1.58. The third-order valence-corrected chi connectivity index (χ3v) is 2.96. The van der Waals surface area contributed by atoms with E-state index in [2.05, 4.69) is 0 Å². The summed E-state index contributed by atoms with van der Waals surface area (Å²) in [6, 6.07) is 0. The van der Waals surface area contributed by atoms with Crippen LogP contribution in [0.2, 0.25) is 0 Å². The molecule has 1 rings (SSSR count). The topological polar surface area (TPSA) is 63.6 Å². The van der Waals surface area contributed by atoms with Gasteiger partial charge in [-0.1, -0.05) is 37.6 Å². The van der Waals surface area contributed by atoms with Crippen molar-refractivity contribution >= 4 is 11.9 Å². The van der Waals surface area contributed by atoms with Gasteiger partial charge in [0.15, 0.2) is 0 Å². The van der Waals surface area contributed by atoms with Gasteiger partial charge in [-0.25, -0.2) is 0 Å². The Morgan fingerprint density at radius 2 is 2.12 bits per heavy atom. The number of allylic oxidation sites excluding steroid dienone is 2. The average molecular weight is 238 g/mol. The highest BCUT2D eigenvalue weighted by Crippen LogP contribution is 2.34. The summed E-state index contributed by atoms with van der Waals surface area (Å²) < 4.78 is 5.08. The molecule has 0 aliphatic heterocycles. The molecule has 0 amide bonds. The molecule has 0 aromatic rings. The molecule has 4 nitrogen and oxygen atoms in total. The molecule has 94 valence electrons. The van der Waals surface area contributed by atoms with Gasteiger partial charge >= 0.3 is 11.9 Å². The van der Waals surface area contributed by atoms with Gasteiger partial charge in [-0.05, 0) is 13.3 Å². The summed E-state index contributed by atoms with van der Waals surface area (Å²) in [6.07, 6.45) is 8.16. The number of carboxylic acid groups (broad SMARTS) is 1. The number of aliphatic carboxylic acids is 1. The van der Waals surface area contributed by atoms with Crippen molar-refractivity contribution in [3.63, 3.8) is 0 Å². The molecule has 0 bridgehead atoms. The maximum absolute atomic E-state index is 11.8. The molecule has 1 N–H and O–H groups in total. The fourth-order valence-electron chi connectivity index (χ4n) is 1.67. The van der Waals surface area contributed by atoms with E-state index in [-0.39, 0.29) is 0 Å². The van der Waals surface area contributed by atoms with Gasteiger partial charge in [0.05, 0.1) is 12.5 Å². The van der Waals surface area contributed by atoms with Crippen molar-refractivity contribution in [2.75, 3.05) is 6.61 Å². The molecule has 17 heavy (non-hydrogen) atoms. The second-order valence-corrected chi connectivity index (χ2v) is 4.33. The Kier molecular flexibility index (Phi) is 4.49. The summed E-state index contributed by atoms with van der Waals surface area (Å²) >= 11 is 0. The van der Waals surface area contributed by atoms with Crippen LogP contribution in [-0.4, -0.2) is 23.7 Å². The standard InChI is InChI=1S/C13H18O4/c1-3-4-9-17-11(14)10-7-5-6-8-13(10,2)12(15)16/h5-8,10H,3-4,9H2,1-2H3,(H,15,16). The molecular weight excluding hydrogens is 220 g/mol. The Bertz CT molecular complexity index is 356. The molecule has 1 aliphatic rings. The van der Waals surface area contributed by atoms with Crippen molar-refractivity contribution in [2.24, 2.45) is 11.3 Å². The zero-order valence-electron chi connectivity index (χ0n) is 10.2. The van der Waals surface area contributed by atoms with E-state index in [1.54, 1.807) is 18.2 Å². The molecule has 4 heteroatoms. The lowest BCUT2D eigenvalue weighted by atomic mass is 9.74. The number of ether oxygens (including phenoxy) is 1. The van der Waals surface area contributed by atoms with Gasteiger partial charge in [0.2, 0.25) is 0 Å². The van der Waals surface area contributed by atoms with Crippen LogP contribution in [0.1, 0.15) is 26.7 Å². The highest BCUT2D eigenvalue weighted by Gasteiger charge is 2.43. The lowest BCUT2D eigenvalue weighted by Gasteiger charge is -2.29. The van der Waals surface area contributed by atoms with Gasteiger partial charge in [0.1, 0.15) is 5.41 Å². The number of rotatable bonds is 5. The van der Waals surface area contributed by atoms with Crippen LogP contribution in [-0.2, 0) is 14.3 Å². The van der Waals surface area contributed by atoms with Crippen LogP contribution in [0.15, 0.2) is 24.3 Å². The minimum atomic E-state index is -1.21. The molecule has 2 atom stereocenters. The average Bonchev–Trinajstić information content (AvgIpc) is 2.29. The van der Waals surface area contributed by atoms with E-state index < -0.39 is 23.3 Å². The van der Waals surface area contributed by atoms with Gasteiger partial charge in [-0.3, -0.25) is 9.59 Å². The monoisotopic (exact) mass is 238 g/mol. The van der Waals surface area contributed by atoms with E-state index in [0.717, 1.165) is 12.8 Å². The van der Waals surface area contributed by atoms with Gasteiger partial charge in [-0.15, -0.1) is 0 Å². The zero-order chi connectivity index (χ0) is 12.9. The lowest BCUT2D eigenvalue weighted by molar-refractivity contribution is -0.159. The molecule has 0 saturated carbocycles. The van der Waals surface area contributed by atoms with Crippen molar-refractivity contribution in [3.8, 4) is 0 Å². The number of hydrogen-bond acceptors (Lipinski definition) is 3. The molecule has 2 unspecified atom stereocenters. The van der Waals surface area contributed by atoms with Gasteiger partial charge in [0.25, 0.3) is 0 Å². The number of hydrogen-bond donors (Lipinski definition) is 1. The van der Waals surface area contributed by atoms with Crippen LogP contribution in [0.4, 0.5) is 0 Å². The van der Waals surface area contributed by atoms with E-state index in [1.807, 2.05) is 6.92 Å². The van der Waals surface area contributed by atoms with Crippen LogP contribution >= 0.6 is 0 Å². The van der Waals surface area contributed by atoms with Crippen LogP contribution in [0.25, 0.3) is 0 Å². The van der Waals surface area contributed by atoms with Crippen LogP contribution in [0.3, 0.4) is 0 Å². The van der Waals surface area contributed by atoms with Crippen LogP contribution < -0.4 is 0 Å². The Morgan fingerprint density at radius 3 is 2.71 bits per heavy atom.